The van der Waals surface area contributed by atoms with Crippen molar-refractivity contribution in [3.63, 3.8) is 0 Å². The fourth-order valence-corrected chi connectivity index (χ4v) is 4.26. The van der Waals surface area contributed by atoms with E-state index in [2.05, 4.69) is 11.4 Å². The fraction of sp³-hybridized carbons (Fsp3) is 0.263. The first-order valence-electron chi connectivity index (χ1n) is 8.35. The quantitative estimate of drug-likeness (QED) is 0.733. The number of rotatable bonds is 4. The molecule has 0 unspecified atom stereocenters. The molecular formula is C19H19N3O3S. The van der Waals surface area contributed by atoms with Gasteiger partial charge in [0.15, 0.2) is 11.5 Å². The summed E-state index contributed by atoms with van der Waals surface area (Å²) in [7, 11) is 3.12. The highest BCUT2D eigenvalue weighted by molar-refractivity contribution is 7.21. The number of thiophene rings is 1. The summed E-state index contributed by atoms with van der Waals surface area (Å²) in [5.41, 5.74) is 9.73. The average Bonchev–Trinajstić information content (AvgIpc) is 3.24. The summed E-state index contributed by atoms with van der Waals surface area (Å²) >= 11 is 1.33. The van der Waals surface area contributed by atoms with Crippen LogP contribution in [0.15, 0.2) is 24.3 Å². The maximum atomic E-state index is 12.7. The minimum Gasteiger partial charge on any atom is -0.493 e. The minimum absolute atomic E-state index is 0.252. The monoisotopic (exact) mass is 369 g/mol. The SMILES string of the molecule is COc1ccc(NC(=O)c2sc3nc4c(cc3c2N)CCC4)cc1OC. The number of anilines is 2. The second-order valence-corrected chi connectivity index (χ2v) is 7.17. The van der Waals surface area contributed by atoms with Crippen molar-refractivity contribution in [3.8, 4) is 11.5 Å². The summed E-state index contributed by atoms with van der Waals surface area (Å²) < 4.78 is 10.5. The van der Waals surface area contributed by atoms with E-state index < -0.39 is 0 Å². The lowest BCUT2D eigenvalue weighted by Crippen LogP contribution is -2.12. The number of pyridine rings is 1. The fourth-order valence-electron chi connectivity index (χ4n) is 3.27. The number of nitrogen functional groups attached to an aromatic ring is 1. The molecule has 0 aliphatic heterocycles. The van der Waals surface area contributed by atoms with Crippen molar-refractivity contribution in [2.45, 2.75) is 19.3 Å². The van der Waals surface area contributed by atoms with Crippen molar-refractivity contribution < 1.29 is 14.3 Å². The number of hydrogen-bond donors (Lipinski definition) is 2. The highest BCUT2D eigenvalue weighted by Gasteiger charge is 2.21. The molecule has 3 aromatic rings. The molecule has 0 spiro atoms. The van der Waals surface area contributed by atoms with Gasteiger partial charge in [-0.1, -0.05) is 0 Å². The molecular weight excluding hydrogens is 350 g/mol. The van der Waals surface area contributed by atoms with Crippen LogP contribution >= 0.6 is 11.3 Å². The van der Waals surface area contributed by atoms with Gasteiger partial charge in [0.2, 0.25) is 0 Å². The summed E-state index contributed by atoms with van der Waals surface area (Å²) in [6.07, 6.45) is 3.16. The molecule has 134 valence electrons. The van der Waals surface area contributed by atoms with Gasteiger partial charge in [0.05, 0.1) is 19.9 Å². The van der Waals surface area contributed by atoms with Crippen molar-refractivity contribution >= 4 is 38.8 Å². The number of carbonyl (C=O) groups is 1. The third-order valence-electron chi connectivity index (χ3n) is 4.60. The molecule has 1 amide bonds. The molecule has 0 saturated heterocycles. The van der Waals surface area contributed by atoms with Gasteiger partial charge in [-0.25, -0.2) is 4.98 Å². The number of aromatic nitrogens is 1. The Labute approximate surface area is 154 Å². The van der Waals surface area contributed by atoms with Crippen molar-refractivity contribution in [1.82, 2.24) is 4.98 Å². The molecule has 1 aromatic carbocycles. The molecule has 4 rings (SSSR count). The molecule has 0 radical (unpaired) electrons. The molecule has 3 N–H and O–H groups in total. The van der Waals surface area contributed by atoms with E-state index in [9.17, 15) is 4.79 Å². The van der Waals surface area contributed by atoms with Crippen LogP contribution in [0, 0.1) is 0 Å². The lowest BCUT2D eigenvalue weighted by atomic mass is 10.1. The van der Waals surface area contributed by atoms with Crippen LogP contribution in [0.3, 0.4) is 0 Å². The number of carbonyl (C=O) groups excluding carboxylic acids is 1. The normalized spacial score (nSPS) is 12.8. The Morgan fingerprint density at radius 2 is 2.00 bits per heavy atom. The Morgan fingerprint density at radius 3 is 2.77 bits per heavy atom. The second kappa shape index (κ2) is 6.49. The molecule has 0 bridgehead atoms. The zero-order valence-electron chi connectivity index (χ0n) is 14.6. The van der Waals surface area contributed by atoms with E-state index in [4.69, 9.17) is 20.2 Å². The number of aryl methyl sites for hydroxylation is 2. The van der Waals surface area contributed by atoms with Gasteiger partial charge in [-0.3, -0.25) is 4.79 Å². The summed E-state index contributed by atoms with van der Waals surface area (Å²) in [5, 5.41) is 3.74. The van der Waals surface area contributed by atoms with E-state index in [1.807, 2.05) is 0 Å². The van der Waals surface area contributed by atoms with Crippen LogP contribution in [0.4, 0.5) is 11.4 Å². The second-order valence-electron chi connectivity index (χ2n) is 6.17. The number of benzene rings is 1. The van der Waals surface area contributed by atoms with E-state index >= 15 is 0 Å². The van der Waals surface area contributed by atoms with Gasteiger partial charge >= 0.3 is 0 Å². The zero-order valence-corrected chi connectivity index (χ0v) is 15.4. The first-order valence-corrected chi connectivity index (χ1v) is 9.16. The largest absolute Gasteiger partial charge is 0.493 e. The predicted octanol–water partition coefficient (Wildman–Crippen LogP) is 3.64. The molecule has 0 atom stereocenters. The van der Waals surface area contributed by atoms with Gasteiger partial charge in [0.1, 0.15) is 9.71 Å². The van der Waals surface area contributed by atoms with Crippen molar-refractivity contribution in [2.75, 3.05) is 25.3 Å². The number of methoxy groups -OCH3 is 2. The molecule has 2 aromatic heterocycles. The van der Waals surface area contributed by atoms with E-state index in [0.717, 1.165) is 35.2 Å². The lowest BCUT2D eigenvalue weighted by Gasteiger charge is -2.10. The number of nitrogens with two attached hydrogens (primary N) is 1. The molecule has 0 fully saturated rings. The van der Waals surface area contributed by atoms with Crippen molar-refractivity contribution in [3.05, 3.63) is 40.4 Å². The maximum Gasteiger partial charge on any atom is 0.267 e. The van der Waals surface area contributed by atoms with Crippen LogP contribution in [0.25, 0.3) is 10.2 Å². The van der Waals surface area contributed by atoms with Crippen molar-refractivity contribution in [1.29, 1.82) is 0 Å². The molecule has 1 aliphatic rings. The van der Waals surface area contributed by atoms with Crippen molar-refractivity contribution in [2.24, 2.45) is 0 Å². The van der Waals surface area contributed by atoms with Crippen LogP contribution in [0.1, 0.15) is 27.3 Å². The van der Waals surface area contributed by atoms with Gasteiger partial charge in [0, 0.05) is 22.8 Å². The molecule has 7 heteroatoms. The van der Waals surface area contributed by atoms with Gasteiger partial charge in [-0.15, -0.1) is 11.3 Å². The number of hydrogen-bond acceptors (Lipinski definition) is 6. The minimum atomic E-state index is -0.252. The smallest absolute Gasteiger partial charge is 0.267 e. The van der Waals surface area contributed by atoms with Crippen LogP contribution in [0.5, 0.6) is 11.5 Å². The topological polar surface area (TPSA) is 86.5 Å². The van der Waals surface area contributed by atoms with Crippen LogP contribution < -0.4 is 20.5 Å². The van der Waals surface area contributed by atoms with Gasteiger partial charge in [-0.2, -0.15) is 0 Å². The zero-order chi connectivity index (χ0) is 18.3. The number of amides is 1. The number of fused-ring (bicyclic) bond motifs is 2. The molecule has 1 aliphatic carbocycles. The highest BCUT2D eigenvalue weighted by atomic mass is 32.1. The summed E-state index contributed by atoms with van der Waals surface area (Å²) in [6.45, 7) is 0. The highest BCUT2D eigenvalue weighted by Crippen LogP contribution is 2.36. The Balaban J connectivity index is 1.65. The predicted molar refractivity (Wildman–Crippen MR) is 104 cm³/mol. The number of nitrogens with one attached hydrogen (secondary N) is 1. The lowest BCUT2D eigenvalue weighted by molar-refractivity contribution is 0.103. The van der Waals surface area contributed by atoms with E-state index in [1.165, 1.54) is 16.9 Å². The first-order chi connectivity index (χ1) is 12.6. The van der Waals surface area contributed by atoms with Gasteiger partial charge < -0.3 is 20.5 Å². The van der Waals surface area contributed by atoms with Crippen LogP contribution in [-0.2, 0) is 12.8 Å². The Hall–Kier alpha value is -2.80. The average molecular weight is 369 g/mol. The number of nitrogens with zero attached hydrogens (tertiary/aromatic N) is 1. The Morgan fingerprint density at radius 1 is 1.19 bits per heavy atom. The van der Waals surface area contributed by atoms with Gasteiger partial charge in [-0.05, 0) is 43.0 Å². The van der Waals surface area contributed by atoms with Crippen LogP contribution in [-0.4, -0.2) is 25.1 Å². The summed E-state index contributed by atoms with van der Waals surface area (Å²) in [6, 6.07) is 7.31. The molecule has 2 heterocycles. The van der Waals surface area contributed by atoms with Gasteiger partial charge in [0.25, 0.3) is 5.91 Å². The standard InChI is InChI=1S/C19H19N3O3S/c1-24-14-7-6-11(9-15(14)25-2)21-18(23)17-16(20)12-8-10-4-3-5-13(10)22-19(12)26-17/h6-9H,3-5,20H2,1-2H3,(H,21,23). The summed E-state index contributed by atoms with van der Waals surface area (Å²) in [5.74, 6) is 0.899. The molecule has 26 heavy (non-hydrogen) atoms. The Bertz CT molecular complexity index is 1010. The summed E-state index contributed by atoms with van der Waals surface area (Å²) in [4.78, 5) is 18.7. The third-order valence-corrected chi connectivity index (χ3v) is 5.71. The maximum absolute atomic E-state index is 12.7. The van der Waals surface area contributed by atoms with E-state index in [0.29, 0.717) is 27.8 Å². The third kappa shape index (κ3) is 2.74. The first kappa shape index (κ1) is 16.7. The van der Waals surface area contributed by atoms with Crippen LogP contribution in [0.2, 0.25) is 0 Å². The van der Waals surface area contributed by atoms with E-state index in [1.54, 1.807) is 32.4 Å². The molecule has 0 saturated carbocycles. The van der Waals surface area contributed by atoms with E-state index in [-0.39, 0.29) is 5.91 Å². The Kier molecular flexibility index (Phi) is 4.16. The number of ether oxygens (including phenoxy) is 2. The molecule has 6 nitrogen and oxygen atoms in total.